The van der Waals surface area contributed by atoms with E-state index in [1.807, 2.05) is 0 Å². The molecule has 0 heterocycles. The highest BCUT2D eigenvalue weighted by atomic mass is 35.5. The summed E-state index contributed by atoms with van der Waals surface area (Å²) in [6, 6.07) is 8.60. The van der Waals surface area contributed by atoms with Crippen LogP contribution in [0.2, 0.25) is 10.0 Å². The number of rotatable bonds is 7. The van der Waals surface area contributed by atoms with Crippen LogP contribution < -0.4 is 5.32 Å². The summed E-state index contributed by atoms with van der Waals surface area (Å²) in [5.74, 6) is -1.08. The normalized spacial score (nSPS) is 10.3. The maximum Gasteiger partial charge on any atom is 0.338 e. The first-order chi connectivity index (χ1) is 12.8. The Bertz CT molecular complexity index is 886. The maximum atomic E-state index is 12.2. The summed E-state index contributed by atoms with van der Waals surface area (Å²) in [7, 11) is 0. The molecule has 142 valence electrons. The van der Waals surface area contributed by atoms with Crippen molar-refractivity contribution in [3.8, 4) is 0 Å². The van der Waals surface area contributed by atoms with Gasteiger partial charge < -0.3 is 10.1 Å². The number of ether oxygens (including phenoxy) is 1. The third-order valence-corrected chi connectivity index (χ3v) is 4.20. The fourth-order valence-electron chi connectivity index (χ4n) is 2.32. The van der Waals surface area contributed by atoms with Crippen LogP contribution in [0.5, 0.6) is 0 Å². The molecule has 0 radical (unpaired) electrons. The topological polar surface area (TPSA) is 98.5 Å². The quantitative estimate of drug-likeness (QED) is 0.406. The van der Waals surface area contributed by atoms with E-state index in [2.05, 4.69) is 5.32 Å². The summed E-state index contributed by atoms with van der Waals surface area (Å²) in [6.07, 6.45) is 0.370. The molecule has 0 atom stereocenters. The van der Waals surface area contributed by atoms with Gasteiger partial charge in [-0.3, -0.25) is 14.9 Å². The number of carbonyl (C=O) groups excluding carboxylic acids is 2. The van der Waals surface area contributed by atoms with Gasteiger partial charge in [-0.05, 0) is 43.2 Å². The van der Waals surface area contributed by atoms with E-state index in [9.17, 15) is 19.7 Å². The lowest BCUT2D eigenvalue weighted by Crippen LogP contribution is -2.15. The second-order valence-electron chi connectivity index (χ2n) is 5.49. The van der Waals surface area contributed by atoms with Crippen molar-refractivity contribution in [3.05, 3.63) is 67.7 Å². The lowest BCUT2D eigenvalue weighted by molar-refractivity contribution is -0.383. The average molecular weight is 411 g/mol. The van der Waals surface area contributed by atoms with Crippen molar-refractivity contribution in [3.63, 3.8) is 0 Å². The first kappa shape index (κ1) is 20.7. The zero-order chi connectivity index (χ0) is 20.0. The van der Waals surface area contributed by atoms with Gasteiger partial charge in [-0.15, -0.1) is 0 Å². The molecule has 0 fully saturated rings. The molecule has 2 aromatic carbocycles. The maximum absolute atomic E-state index is 12.2. The average Bonchev–Trinajstić information content (AvgIpc) is 2.61. The Morgan fingerprint density at radius 1 is 1.19 bits per heavy atom. The molecule has 0 aliphatic rings. The summed E-state index contributed by atoms with van der Waals surface area (Å²) in [6.45, 7) is 1.81. The number of anilines is 1. The Labute approximate surface area is 165 Å². The van der Waals surface area contributed by atoms with E-state index >= 15 is 0 Å². The number of esters is 1. The molecule has 0 bridgehead atoms. The van der Waals surface area contributed by atoms with Gasteiger partial charge in [0.1, 0.15) is 5.69 Å². The van der Waals surface area contributed by atoms with Gasteiger partial charge in [0.05, 0.1) is 17.1 Å². The zero-order valence-corrected chi connectivity index (χ0v) is 15.8. The van der Waals surface area contributed by atoms with Gasteiger partial charge >= 0.3 is 5.97 Å². The highest BCUT2D eigenvalue weighted by Gasteiger charge is 2.19. The molecule has 0 saturated carbocycles. The van der Waals surface area contributed by atoms with Crippen LogP contribution in [0, 0.1) is 10.1 Å². The smallest absolute Gasteiger partial charge is 0.338 e. The number of amides is 1. The third-order valence-electron chi connectivity index (χ3n) is 3.61. The van der Waals surface area contributed by atoms with Crippen LogP contribution in [0.1, 0.15) is 29.3 Å². The third kappa shape index (κ3) is 5.67. The number of carbonyl (C=O) groups is 2. The summed E-state index contributed by atoms with van der Waals surface area (Å²) in [4.78, 5) is 34.6. The number of hydrogen-bond acceptors (Lipinski definition) is 5. The molecule has 2 aromatic rings. The number of nitrogens with zero attached hydrogens (tertiary/aromatic N) is 1. The first-order valence-corrected chi connectivity index (χ1v) is 8.76. The minimum atomic E-state index is -0.638. The number of nitro groups is 1. The van der Waals surface area contributed by atoms with Gasteiger partial charge in [0.2, 0.25) is 5.91 Å². The molecule has 0 aliphatic heterocycles. The molecule has 0 aliphatic carbocycles. The van der Waals surface area contributed by atoms with E-state index in [-0.39, 0.29) is 30.0 Å². The van der Waals surface area contributed by atoms with E-state index < -0.39 is 16.8 Å². The van der Waals surface area contributed by atoms with E-state index in [1.165, 1.54) is 12.1 Å². The molecule has 0 spiro atoms. The van der Waals surface area contributed by atoms with Crippen LogP contribution in [-0.2, 0) is 16.0 Å². The van der Waals surface area contributed by atoms with Gasteiger partial charge in [-0.1, -0.05) is 29.3 Å². The number of nitrogens with one attached hydrogen (secondary N) is 1. The molecule has 1 amide bonds. The van der Waals surface area contributed by atoms with E-state index in [0.717, 1.165) is 11.6 Å². The SMILES string of the molecule is CCOC(=O)c1ccc([N+](=O)[O-])c(NC(=O)CCc2ccc(Cl)cc2Cl)c1. The van der Waals surface area contributed by atoms with Crippen molar-refractivity contribution in [1.29, 1.82) is 0 Å². The van der Waals surface area contributed by atoms with E-state index in [0.29, 0.717) is 16.5 Å². The fourth-order valence-corrected chi connectivity index (χ4v) is 2.83. The zero-order valence-electron chi connectivity index (χ0n) is 14.3. The summed E-state index contributed by atoms with van der Waals surface area (Å²) < 4.78 is 4.87. The predicted molar refractivity (Wildman–Crippen MR) is 102 cm³/mol. The van der Waals surface area contributed by atoms with Crippen LogP contribution in [0.3, 0.4) is 0 Å². The second kappa shape index (κ2) is 9.34. The molecule has 0 unspecified atom stereocenters. The highest BCUT2D eigenvalue weighted by Crippen LogP contribution is 2.27. The molecule has 1 N–H and O–H groups in total. The van der Waals surface area contributed by atoms with Crippen molar-refractivity contribution in [2.45, 2.75) is 19.8 Å². The largest absolute Gasteiger partial charge is 0.462 e. The second-order valence-corrected chi connectivity index (χ2v) is 6.34. The lowest BCUT2D eigenvalue weighted by atomic mass is 10.1. The van der Waals surface area contributed by atoms with Gasteiger partial charge in [0.25, 0.3) is 5.69 Å². The van der Waals surface area contributed by atoms with Gasteiger partial charge in [-0.25, -0.2) is 4.79 Å². The van der Waals surface area contributed by atoms with E-state index in [1.54, 1.807) is 25.1 Å². The molecule has 27 heavy (non-hydrogen) atoms. The van der Waals surface area contributed by atoms with Crippen molar-refractivity contribution >= 4 is 46.5 Å². The van der Waals surface area contributed by atoms with Crippen LogP contribution in [0.15, 0.2) is 36.4 Å². The predicted octanol–water partition coefficient (Wildman–Crippen LogP) is 4.65. The standard InChI is InChI=1S/C18H16Cl2N2O5/c1-2-27-18(24)12-4-7-16(22(25)26)15(9-12)21-17(23)8-5-11-3-6-13(19)10-14(11)20/h3-4,6-7,9-10H,2,5,8H2,1H3,(H,21,23). The molecular weight excluding hydrogens is 395 g/mol. The minimum absolute atomic E-state index is 0.0438. The number of hydrogen-bond donors (Lipinski definition) is 1. The lowest BCUT2D eigenvalue weighted by Gasteiger charge is -2.09. The summed E-state index contributed by atoms with van der Waals surface area (Å²) in [5.41, 5.74) is 0.447. The Morgan fingerprint density at radius 2 is 1.93 bits per heavy atom. The Balaban J connectivity index is 2.13. The molecular formula is C18H16Cl2N2O5. The molecule has 0 aromatic heterocycles. The summed E-state index contributed by atoms with van der Waals surface area (Å²) >= 11 is 11.9. The Kier molecular flexibility index (Phi) is 7.15. The van der Waals surface area contributed by atoms with Gasteiger partial charge in [0, 0.05) is 22.5 Å². The molecule has 9 heteroatoms. The van der Waals surface area contributed by atoms with Gasteiger partial charge in [-0.2, -0.15) is 0 Å². The Hall–Kier alpha value is -2.64. The Morgan fingerprint density at radius 3 is 2.56 bits per heavy atom. The van der Waals surface area contributed by atoms with Gasteiger partial charge in [0.15, 0.2) is 0 Å². The van der Waals surface area contributed by atoms with Crippen molar-refractivity contribution in [2.75, 3.05) is 11.9 Å². The number of halogens is 2. The number of benzene rings is 2. The summed E-state index contributed by atoms with van der Waals surface area (Å²) in [5, 5.41) is 14.6. The van der Waals surface area contributed by atoms with Crippen molar-refractivity contribution < 1.29 is 19.2 Å². The molecule has 0 saturated heterocycles. The molecule has 2 rings (SSSR count). The van der Waals surface area contributed by atoms with Crippen LogP contribution >= 0.6 is 23.2 Å². The fraction of sp³-hybridized carbons (Fsp3) is 0.222. The van der Waals surface area contributed by atoms with Crippen LogP contribution in [0.25, 0.3) is 0 Å². The van der Waals surface area contributed by atoms with Crippen molar-refractivity contribution in [2.24, 2.45) is 0 Å². The highest BCUT2D eigenvalue weighted by molar-refractivity contribution is 6.35. The number of nitro benzene ring substituents is 1. The van der Waals surface area contributed by atoms with Crippen LogP contribution in [-0.4, -0.2) is 23.4 Å². The minimum Gasteiger partial charge on any atom is -0.462 e. The van der Waals surface area contributed by atoms with E-state index in [4.69, 9.17) is 27.9 Å². The van der Waals surface area contributed by atoms with Crippen molar-refractivity contribution in [1.82, 2.24) is 0 Å². The van der Waals surface area contributed by atoms with Crippen LogP contribution in [0.4, 0.5) is 11.4 Å². The number of aryl methyl sites for hydroxylation is 1. The monoisotopic (exact) mass is 410 g/mol. The molecule has 7 nitrogen and oxygen atoms in total. The first-order valence-electron chi connectivity index (χ1n) is 8.01.